The number of aromatic nitrogens is 3. The van der Waals surface area contributed by atoms with Crippen LogP contribution >= 0.6 is 0 Å². The molecule has 102 valence electrons. The number of carboxylic acids is 1. The molecule has 0 amide bonds. The second-order valence-electron chi connectivity index (χ2n) is 4.83. The fourth-order valence-corrected chi connectivity index (χ4v) is 2.64. The maximum absolute atomic E-state index is 11.0. The number of aromatic carboxylic acids is 1. The lowest BCUT2D eigenvalue weighted by Crippen LogP contribution is -1.97. The molecule has 5 heteroatoms. The van der Waals surface area contributed by atoms with E-state index in [1.54, 1.807) is 18.3 Å². The first-order chi connectivity index (χ1) is 10.2. The van der Waals surface area contributed by atoms with E-state index in [1.807, 2.05) is 41.2 Å². The molecule has 2 N–H and O–H groups in total. The minimum atomic E-state index is -0.915. The zero-order valence-corrected chi connectivity index (χ0v) is 10.9. The van der Waals surface area contributed by atoms with Crippen LogP contribution in [0.4, 0.5) is 0 Å². The van der Waals surface area contributed by atoms with Gasteiger partial charge in [-0.05, 0) is 36.4 Å². The highest BCUT2D eigenvalue weighted by atomic mass is 16.4. The van der Waals surface area contributed by atoms with Crippen molar-refractivity contribution in [1.82, 2.24) is 14.5 Å². The van der Waals surface area contributed by atoms with Crippen LogP contribution in [0.1, 0.15) is 10.4 Å². The summed E-state index contributed by atoms with van der Waals surface area (Å²) in [7, 11) is 0. The highest BCUT2D eigenvalue weighted by Gasteiger charge is 2.10. The van der Waals surface area contributed by atoms with Crippen molar-refractivity contribution in [3.05, 3.63) is 60.6 Å². The van der Waals surface area contributed by atoms with E-state index in [1.165, 1.54) is 0 Å². The lowest BCUT2D eigenvalue weighted by atomic mass is 10.1. The third-order valence-corrected chi connectivity index (χ3v) is 3.63. The Bertz CT molecular complexity index is 981. The van der Waals surface area contributed by atoms with Gasteiger partial charge >= 0.3 is 5.97 Å². The molecule has 3 heterocycles. The number of nitrogens with one attached hydrogen (secondary N) is 1. The van der Waals surface area contributed by atoms with Crippen molar-refractivity contribution in [2.24, 2.45) is 0 Å². The molecule has 0 saturated heterocycles. The number of pyridine rings is 1. The molecule has 3 aromatic heterocycles. The van der Waals surface area contributed by atoms with Crippen molar-refractivity contribution in [1.29, 1.82) is 0 Å². The Kier molecular flexibility index (Phi) is 2.35. The van der Waals surface area contributed by atoms with E-state index in [-0.39, 0.29) is 0 Å². The van der Waals surface area contributed by atoms with Gasteiger partial charge in [-0.1, -0.05) is 0 Å². The normalized spacial score (nSPS) is 11.2. The summed E-state index contributed by atoms with van der Waals surface area (Å²) in [4.78, 5) is 18.4. The molecule has 5 nitrogen and oxygen atoms in total. The second-order valence-corrected chi connectivity index (χ2v) is 4.83. The summed E-state index contributed by atoms with van der Waals surface area (Å²) in [6.45, 7) is 0. The zero-order valence-electron chi connectivity index (χ0n) is 10.9. The number of rotatable bonds is 2. The Hall–Kier alpha value is -3.08. The SMILES string of the molecule is O=C(O)c1ccc2c(ccn2-c2ccnc3[nH]ccc23)c1. The van der Waals surface area contributed by atoms with Crippen molar-refractivity contribution < 1.29 is 9.90 Å². The van der Waals surface area contributed by atoms with Gasteiger partial charge in [0, 0.05) is 29.4 Å². The van der Waals surface area contributed by atoms with E-state index in [2.05, 4.69) is 9.97 Å². The summed E-state index contributed by atoms with van der Waals surface area (Å²) in [6, 6.07) is 11.0. The van der Waals surface area contributed by atoms with Crippen molar-refractivity contribution in [3.8, 4) is 5.69 Å². The minimum absolute atomic E-state index is 0.293. The molecule has 0 fully saturated rings. The lowest BCUT2D eigenvalue weighted by molar-refractivity contribution is 0.0697. The molecule has 0 aliphatic carbocycles. The van der Waals surface area contributed by atoms with Gasteiger partial charge in [-0.2, -0.15) is 0 Å². The summed E-state index contributed by atoms with van der Waals surface area (Å²) in [5, 5.41) is 11.0. The van der Waals surface area contributed by atoms with Gasteiger partial charge < -0.3 is 14.7 Å². The van der Waals surface area contributed by atoms with Gasteiger partial charge in [0.15, 0.2) is 0 Å². The predicted octanol–water partition coefficient (Wildman–Crippen LogP) is 3.21. The van der Waals surface area contributed by atoms with E-state index in [9.17, 15) is 4.79 Å². The molecular formula is C16H11N3O2. The minimum Gasteiger partial charge on any atom is -0.478 e. The summed E-state index contributed by atoms with van der Waals surface area (Å²) < 4.78 is 2.04. The molecule has 4 aromatic rings. The molecule has 0 unspecified atom stereocenters. The van der Waals surface area contributed by atoms with E-state index < -0.39 is 5.97 Å². The Labute approximate surface area is 119 Å². The smallest absolute Gasteiger partial charge is 0.335 e. The van der Waals surface area contributed by atoms with Crippen LogP contribution in [0, 0.1) is 0 Å². The van der Waals surface area contributed by atoms with Gasteiger partial charge in [0.2, 0.25) is 0 Å². The van der Waals surface area contributed by atoms with Crippen LogP contribution in [0.15, 0.2) is 55.0 Å². The van der Waals surface area contributed by atoms with Gasteiger partial charge in [-0.3, -0.25) is 0 Å². The van der Waals surface area contributed by atoms with E-state index in [4.69, 9.17) is 5.11 Å². The monoisotopic (exact) mass is 277 g/mol. The summed E-state index contributed by atoms with van der Waals surface area (Å²) >= 11 is 0. The molecule has 0 aliphatic rings. The molecule has 0 radical (unpaired) electrons. The van der Waals surface area contributed by atoms with Gasteiger partial charge in [0.25, 0.3) is 0 Å². The first-order valence-electron chi connectivity index (χ1n) is 6.51. The van der Waals surface area contributed by atoms with Crippen LogP contribution in [0.25, 0.3) is 27.6 Å². The molecule has 4 rings (SSSR count). The molecule has 0 atom stereocenters. The van der Waals surface area contributed by atoms with Gasteiger partial charge in [0.1, 0.15) is 5.65 Å². The van der Waals surface area contributed by atoms with Crippen molar-refractivity contribution in [3.63, 3.8) is 0 Å². The maximum Gasteiger partial charge on any atom is 0.335 e. The molecule has 21 heavy (non-hydrogen) atoms. The number of benzene rings is 1. The molecule has 0 spiro atoms. The third-order valence-electron chi connectivity index (χ3n) is 3.63. The van der Waals surface area contributed by atoms with Crippen LogP contribution in [0.5, 0.6) is 0 Å². The number of carbonyl (C=O) groups is 1. The molecular weight excluding hydrogens is 266 g/mol. The largest absolute Gasteiger partial charge is 0.478 e. The standard InChI is InChI=1S/C16H11N3O2/c20-16(21)11-1-2-13-10(9-11)5-8-19(13)14-4-7-18-15-12(14)3-6-17-15/h1-9H,(H,17,18)(H,20,21). The highest BCUT2D eigenvalue weighted by molar-refractivity contribution is 5.95. The number of H-pyrrole nitrogens is 1. The quantitative estimate of drug-likeness (QED) is 0.591. The average Bonchev–Trinajstić information content (AvgIpc) is 3.12. The average molecular weight is 277 g/mol. The van der Waals surface area contributed by atoms with Crippen LogP contribution in [0.3, 0.4) is 0 Å². The topological polar surface area (TPSA) is 70.9 Å². The van der Waals surface area contributed by atoms with Crippen LogP contribution in [-0.4, -0.2) is 25.6 Å². The van der Waals surface area contributed by atoms with Crippen LogP contribution < -0.4 is 0 Å². The van der Waals surface area contributed by atoms with Crippen molar-refractivity contribution in [2.45, 2.75) is 0 Å². The zero-order chi connectivity index (χ0) is 14.4. The summed E-state index contributed by atoms with van der Waals surface area (Å²) in [6.07, 6.45) is 5.55. The Morgan fingerprint density at radius 1 is 1.19 bits per heavy atom. The second kappa shape index (κ2) is 4.21. The van der Waals surface area contributed by atoms with E-state index in [0.29, 0.717) is 5.56 Å². The van der Waals surface area contributed by atoms with Gasteiger partial charge in [-0.15, -0.1) is 0 Å². The fourth-order valence-electron chi connectivity index (χ4n) is 2.64. The lowest BCUT2D eigenvalue weighted by Gasteiger charge is -2.07. The highest BCUT2D eigenvalue weighted by Crippen LogP contribution is 2.26. The Morgan fingerprint density at radius 3 is 2.95 bits per heavy atom. The first kappa shape index (κ1) is 11.7. The molecule has 0 saturated carbocycles. The van der Waals surface area contributed by atoms with Gasteiger partial charge in [0.05, 0.1) is 16.8 Å². The van der Waals surface area contributed by atoms with Crippen LogP contribution in [0.2, 0.25) is 0 Å². The third kappa shape index (κ3) is 1.71. The summed E-state index contributed by atoms with van der Waals surface area (Å²) in [5.74, 6) is -0.915. The van der Waals surface area contributed by atoms with E-state index in [0.717, 1.165) is 27.6 Å². The van der Waals surface area contributed by atoms with Crippen LogP contribution in [-0.2, 0) is 0 Å². The molecule has 0 aliphatic heterocycles. The number of carboxylic acid groups (broad SMARTS) is 1. The van der Waals surface area contributed by atoms with Crippen molar-refractivity contribution in [2.75, 3.05) is 0 Å². The molecule has 1 aromatic carbocycles. The predicted molar refractivity (Wildman–Crippen MR) is 79.9 cm³/mol. The fraction of sp³-hybridized carbons (Fsp3) is 0. The van der Waals surface area contributed by atoms with Gasteiger partial charge in [-0.25, -0.2) is 9.78 Å². The number of fused-ring (bicyclic) bond motifs is 2. The van der Waals surface area contributed by atoms with Crippen molar-refractivity contribution >= 4 is 27.9 Å². The maximum atomic E-state index is 11.0. The number of nitrogens with zero attached hydrogens (tertiary/aromatic N) is 2. The van der Waals surface area contributed by atoms with E-state index >= 15 is 0 Å². The summed E-state index contributed by atoms with van der Waals surface area (Å²) in [5.41, 5.74) is 3.10. The number of hydrogen-bond donors (Lipinski definition) is 2. The molecule has 0 bridgehead atoms. The Balaban J connectivity index is 1.99. The first-order valence-corrected chi connectivity index (χ1v) is 6.51. The number of aromatic amines is 1. The number of hydrogen-bond acceptors (Lipinski definition) is 2. The Morgan fingerprint density at radius 2 is 2.10 bits per heavy atom.